The molecule has 0 radical (unpaired) electrons. The van der Waals surface area contributed by atoms with Gasteiger partial charge in [0.2, 0.25) is 11.8 Å². The maximum Gasteiger partial charge on any atom is 0.437 e. The number of nitrogens with zero attached hydrogens (tertiary/aromatic N) is 6. The fourth-order valence-corrected chi connectivity index (χ4v) is 8.17. The topological polar surface area (TPSA) is 148 Å². The zero-order valence-corrected chi connectivity index (χ0v) is 31.6. The van der Waals surface area contributed by atoms with Crippen molar-refractivity contribution in [2.45, 2.75) is 162 Å². The van der Waals surface area contributed by atoms with E-state index >= 15 is 0 Å². The van der Waals surface area contributed by atoms with Gasteiger partial charge in [-0.15, -0.1) is 14.5 Å². The van der Waals surface area contributed by atoms with Crippen molar-refractivity contribution in [1.82, 2.24) is 30.1 Å². The number of aromatic nitrogens is 2. The minimum absolute atomic E-state index is 0.149. The maximum absolute atomic E-state index is 13.6. The van der Waals surface area contributed by atoms with E-state index in [1.54, 1.807) is 14.9 Å². The average Bonchev–Trinajstić information content (AvgIpc) is 3.77. The molecule has 4 rings (SSSR count). The number of hydrogen-bond acceptors (Lipinski definition) is 11. The Morgan fingerprint density at radius 2 is 1.63 bits per heavy atom. The molecule has 3 aliphatic rings. The van der Waals surface area contributed by atoms with Gasteiger partial charge in [-0.2, -0.15) is 22.8 Å². The van der Waals surface area contributed by atoms with Gasteiger partial charge in [0.1, 0.15) is 11.6 Å². The lowest BCUT2D eigenvalue weighted by atomic mass is 9.82. The zero-order valence-electron chi connectivity index (χ0n) is 30.8. The second-order valence-corrected chi connectivity index (χ2v) is 16.1. The van der Waals surface area contributed by atoms with Crippen LogP contribution >= 0.6 is 0 Å². The molecule has 0 N–H and O–H groups in total. The van der Waals surface area contributed by atoms with Crippen LogP contribution in [0.25, 0.3) is 0 Å². The van der Waals surface area contributed by atoms with E-state index < -0.39 is 39.7 Å². The Bertz CT molecular complexity index is 1330. The quantitative estimate of drug-likeness (QED) is 0.137. The summed E-state index contributed by atoms with van der Waals surface area (Å²) >= 11 is 0. The molecule has 0 aliphatic carbocycles. The Morgan fingerprint density at radius 1 is 0.939 bits per heavy atom. The lowest BCUT2D eigenvalue weighted by Crippen LogP contribution is -2.51. The number of urea groups is 1. The SMILES string of the molecule is CCCCN(OS(=O)(=O)ON1C(=O)N2C[C@@H]1CC[C@H]2c1nnc(CC2CCN(C(=O)OC(C)(C)C)C2)o1)C(CCC)(CCCC)CCCC. The third-order valence-corrected chi connectivity index (χ3v) is 10.5. The summed E-state index contributed by atoms with van der Waals surface area (Å²) in [7, 11) is -4.61. The summed E-state index contributed by atoms with van der Waals surface area (Å²) in [5.74, 6) is 0.903. The van der Waals surface area contributed by atoms with E-state index in [-0.39, 0.29) is 18.6 Å². The molecular weight excluding hydrogens is 652 g/mol. The van der Waals surface area contributed by atoms with Gasteiger partial charge < -0.3 is 19.0 Å². The summed E-state index contributed by atoms with van der Waals surface area (Å²) in [6.45, 7) is 15.9. The second-order valence-electron chi connectivity index (χ2n) is 15.0. The monoisotopic (exact) mass is 712 g/mol. The summed E-state index contributed by atoms with van der Waals surface area (Å²) in [6.07, 6.45) is 10.9. The van der Waals surface area contributed by atoms with Crippen LogP contribution in [0.1, 0.15) is 150 Å². The number of carbonyl (C=O) groups is 2. The maximum atomic E-state index is 13.6. The second kappa shape index (κ2) is 17.1. The van der Waals surface area contributed by atoms with Crippen LogP contribution in [0, 0.1) is 5.92 Å². The van der Waals surface area contributed by atoms with E-state index in [9.17, 15) is 18.0 Å². The van der Waals surface area contributed by atoms with Gasteiger partial charge >= 0.3 is 22.5 Å². The van der Waals surface area contributed by atoms with Gasteiger partial charge in [0.25, 0.3) is 0 Å². The molecule has 1 aromatic rings. The molecule has 0 saturated carbocycles. The Morgan fingerprint density at radius 3 is 2.27 bits per heavy atom. The molecule has 3 saturated heterocycles. The molecule has 3 amide bonds. The highest BCUT2D eigenvalue weighted by molar-refractivity contribution is 7.81. The van der Waals surface area contributed by atoms with Crippen LogP contribution in [0.15, 0.2) is 4.42 Å². The molecule has 3 atom stereocenters. The van der Waals surface area contributed by atoms with Crippen LogP contribution in [-0.4, -0.2) is 94.0 Å². The van der Waals surface area contributed by atoms with Crippen LogP contribution in [-0.2, 0) is 30.1 Å². The van der Waals surface area contributed by atoms with E-state index in [1.165, 1.54) is 0 Å². The summed E-state index contributed by atoms with van der Waals surface area (Å²) in [5, 5.41) is 11.1. The van der Waals surface area contributed by atoms with Gasteiger partial charge in [0.15, 0.2) is 0 Å². The van der Waals surface area contributed by atoms with Crippen LogP contribution in [0.4, 0.5) is 9.59 Å². The fraction of sp³-hybridized carbons (Fsp3) is 0.882. The smallest absolute Gasteiger partial charge is 0.437 e. The number of likely N-dealkylation sites (tertiary alicyclic amines) is 1. The number of unbranched alkanes of at least 4 members (excludes halogenated alkanes) is 3. The molecule has 2 bridgehead atoms. The molecule has 0 aromatic carbocycles. The van der Waals surface area contributed by atoms with Crippen molar-refractivity contribution < 1.29 is 35.7 Å². The molecule has 14 nitrogen and oxygen atoms in total. The first-order valence-corrected chi connectivity index (χ1v) is 19.9. The molecule has 3 fully saturated rings. The van der Waals surface area contributed by atoms with Crippen LogP contribution in [0.5, 0.6) is 0 Å². The molecule has 49 heavy (non-hydrogen) atoms. The first-order chi connectivity index (χ1) is 23.2. The first kappa shape index (κ1) is 39.3. The summed E-state index contributed by atoms with van der Waals surface area (Å²) in [4.78, 5) is 29.3. The molecule has 3 aliphatic heterocycles. The molecule has 0 spiro atoms. The van der Waals surface area contributed by atoms with E-state index in [2.05, 4.69) is 37.9 Å². The third-order valence-electron chi connectivity index (χ3n) is 9.79. The number of fused-ring (bicyclic) bond motifs is 2. The molecule has 15 heteroatoms. The Kier molecular flexibility index (Phi) is 13.8. The minimum Gasteiger partial charge on any atom is -0.444 e. The van der Waals surface area contributed by atoms with Gasteiger partial charge in [-0.25, -0.2) is 9.59 Å². The van der Waals surface area contributed by atoms with Gasteiger partial charge in [-0.1, -0.05) is 66.2 Å². The van der Waals surface area contributed by atoms with E-state index in [0.717, 1.165) is 75.7 Å². The molecule has 4 heterocycles. The number of amides is 3. The lowest BCUT2D eigenvalue weighted by molar-refractivity contribution is -0.172. The summed E-state index contributed by atoms with van der Waals surface area (Å²) in [5.41, 5.74) is -0.994. The minimum atomic E-state index is -4.61. The first-order valence-electron chi connectivity index (χ1n) is 18.6. The predicted molar refractivity (Wildman–Crippen MR) is 183 cm³/mol. The number of hydroxylamine groups is 4. The summed E-state index contributed by atoms with van der Waals surface area (Å²) in [6, 6.07) is -1.52. The van der Waals surface area contributed by atoms with Gasteiger partial charge in [0.05, 0.1) is 6.04 Å². The zero-order chi connectivity index (χ0) is 35.8. The van der Waals surface area contributed by atoms with Gasteiger partial charge in [-0.05, 0) is 71.6 Å². The van der Waals surface area contributed by atoms with Crippen LogP contribution < -0.4 is 0 Å². The Labute approximate surface area is 293 Å². The molecule has 1 aromatic heterocycles. The van der Waals surface area contributed by atoms with Crippen molar-refractivity contribution in [2.75, 3.05) is 26.2 Å². The fourth-order valence-electron chi connectivity index (χ4n) is 7.31. The van der Waals surface area contributed by atoms with Crippen molar-refractivity contribution in [1.29, 1.82) is 0 Å². The highest BCUT2D eigenvalue weighted by Crippen LogP contribution is 2.40. The lowest BCUT2D eigenvalue weighted by Gasteiger charge is -2.43. The number of carbonyl (C=O) groups excluding carboxylic acids is 2. The third kappa shape index (κ3) is 10.3. The van der Waals surface area contributed by atoms with Gasteiger partial charge in [0, 0.05) is 38.1 Å². The normalized spacial score (nSPS) is 21.8. The number of hydrogen-bond donors (Lipinski definition) is 0. The Balaban J connectivity index is 1.41. The highest BCUT2D eigenvalue weighted by Gasteiger charge is 2.50. The van der Waals surface area contributed by atoms with Crippen molar-refractivity contribution in [3.05, 3.63) is 11.8 Å². The van der Waals surface area contributed by atoms with Crippen LogP contribution in [0.3, 0.4) is 0 Å². The number of piperidine rings is 1. The van der Waals surface area contributed by atoms with E-state index in [4.69, 9.17) is 17.7 Å². The largest absolute Gasteiger partial charge is 0.444 e. The predicted octanol–water partition coefficient (Wildman–Crippen LogP) is 6.94. The van der Waals surface area contributed by atoms with Crippen molar-refractivity contribution in [3.63, 3.8) is 0 Å². The van der Waals surface area contributed by atoms with Crippen molar-refractivity contribution in [2.24, 2.45) is 5.92 Å². The van der Waals surface area contributed by atoms with Crippen molar-refractivity contribution in [3.8, 4) is 0 Å². The number of ether oxygens (including phenoxy) is 1. The Hall–Kier alpha value is -2.49. The van der Waals surface area contributed by atoms with E-state index in [0.29, 0.717) is 50.7 Å². The standard InChI is InChI=1S/C34H60N6O8S/c1-8-12-19-34(18-11-4,20-13-9-2)39(21-14-10-3)47-49(43,44)48-40-27-15-16-28(38(25-27)31(40)41)30-36-35-29(45-30)23-26-17-22-37(24-26)32(42)46-33(5,6)7/h26-28H,8-25H2,1-7H3/t26?,27-,28-/m0/s1. The molecule has 280 valence electrons. The van der Waals surface area contributed by atoms with Crippen LogP contribution in [0.2, 0.25) is 0 Å². The number of rotatable bonds is 19. The average molecular weight is 713 g/mol. The summed E-state index contributed by atoms with van der Waals surface area (Å²) < 4.78 is 50.0. The molecule has 1 unspecified atom stereocenters. The van der Waals surface area contributed by atoms with Crippen molar-refractivity contribution >= 4 is 22.5 Å². The highest BCUT2D eigenvalue weighted by atomic mass is 32.3. The van der Waals surface area contributed by atoms with E-state index in [1.807, 2.05) is 20.8 Å². The van der Waals surface area contributed by atoms with Gasteiger partial charge in [-0.3, -0.25) is 0 Å². The molecular formula is C34H60N6O8S.